The van der Waals surface area contributed by atoms with Crippen molar-refractivity contribution >= 4 is 37.5 Å². The monoisotopic (exact) mass is 250 g/mol. The summed E-state index contributed by atoms with van der Waals surface area (Å²) in [6.45, 7) is 4.91. The molecular weight excluding hydrogens is 241 g/mol. The first-order valence-electron chi connectivity index (χ1n) is 3.47. The molecule has 2 unspecified atom stereocenters. The summed E-state index contributed by atoms with van der Waals surface area (Å²) in [5, 5.41) is -3.29. The van der Waals surface area contributed by atoms with Gasteiger partial charge in [0.1, 0.15) is 0 Å². The van der Waals surface area contributed by atoms with Crippen molar-refractivity contribution in [2.75, 3.05) is 0 Å². The van der Waals surface area contributed by atoms with Crippen molar-refractivity contribution in [1.82, 2.24) is 0 Å². The Labute approximate surface area is 86.3 Å². The van der Waals surface area contributed by atoms with Crippen LogP contribution in [0.3, 0.4) is 0 Å². The molecule has 0 aliphatic carbocycles. The summed E-state index contributed by atoms with van der Waals surface area (Å²) in [6.07, 6.45) is 0. The smallest absolute Gasteiger partial charge is 0.351 e. The lowest BCUT2D eigenvalue weighted by molar-refractivity contribution is -0.144. The summed E-state index contributed by atoms with van der Waals surface area (Å²) >= 11 is 9.64. The molecule has 0 spiro atoms. The average molecular weight is 251 g/mol. The Balaban J connectivity index is 4.44. The first-order chi connectivity index (χ1) is 5.57. The van der Waals surface area contributed by atoms with Crippen LogP contribution in [0, 0.1) is 0 Å². The SMILES string of the molecule is C[Si](C)(C)OC(=O)C(F)(Cl)C(F)Cl. The number of rotatable bonds is 3. The minimum atomic E-state index is -3.29. The highest BCUT2D eigenvalue weighted by Gasteiger charge is 2.47. The molecule has 0 radical (unpaired) electrons. The molecule has 0 saturated carbocycles. The van der Waals surface area contributed by atoms with Crippen LogP contribution in [0.5, 0.6) is 0 Å². The molecule has 78 valence electrons. The van der Waals surface area contributed by atoms with E-state index in [1.54, 1.807) is 19.6 Å². The summed E-state index contributed by atoms with van der Waals surface area (Å²) < 4.78 is 29.9. The van der Waals surface area contributed by atoms with Crippen LogP contribution in [0.1, 0.15) is 0 Å². The van der Waals surface area contributed by atoms with Gasteiger partial charge in [-0.3, -0.25) is 0 Å². The van der Waals surface area contributed by atoms with E-state index in [2.05, 4.69) is 4.43 Å². The van der Waals surface area contributed by atoms with Crippen molar-refractivity contribution in [1.29, 1.82) is 0 Å². The van der Waals surface area contributed by atoms with Gasteiger partial charge >= 0.3 is 11.1 Å². The standard InChI is InChI=1S/C6H10Cl2F2O2Si/c1-13(2,3)12-5(11)6(8,10)4(7)9/h4H,1-3H3. The molecule has 0 bridgehead atoms. The second kappa shape index (κ2) is 4.10. The Bertz CT molecular complexity index is 203. The molecule has 7 heteroatoms. The first kappa shape index (κ1) is 13.1. The van der Waals surface area contributed by atoms with E-state index >= 15 is 0 Å². The van der Waals surface area contributed by atoms with Gasteiger partial charge in [-0.1, -0.05) is 23.2 Å². The number of hydrogen-bond donors (Lipinski definition) is 0. The van der Waals surface area contributed by atoms with E-state index in [-0.39, 0.29) is 0 Å². The molecule has 0 heterocycles. The van der Waals surface area contributed by atoms with E-state index < -0.39 is 25.0 Å². The van der Waals surface area contributed by atoms with Crippen LogP contribution < -0.4 is 0 Å². The Morgan fingerprint density at radius 1 is 1.54 bits per heavy atom. The Kier molecular flexibility index (Phi) is 4.14. The van der Waals surface area contributed by atoms with Crippen molar-refractivity contribution in [2.45, 2.75) is 30.4 Å². The van der Waals surface area contributed by atoms with Crippen LogP contribution in [-0.4, -0.2) is 25.0 Å². The fourth-order valence-electron chi connectivity index (χ4n) is 0.435. The van der Waals surface area contributed by atoms with Crippen molar-refractivity contribution < 1.29 is 18.0 Å². The van der Waals surface area contributed by atoms with Gasteiger partial charge in [-0.2, -0.15) is 0 Å². The Morgan fingerprint density at radius 3 is 2.15 bits per heavy atom. The van der Waals surface area contributed by atoms with Crippen LogP contribution >= 0.6 is 23.2 Å². The zero-order valence-electron chi connectivity index (χ0n) is 7.41. The third-order valence-electron chi connectivity index (χ3n) is 0.945. The zero-order valence-corrected chi connectivity index (χ0v) is 9.92. The fourth-order valence-corrected chi connectivity index (χ4v) is 1.33. The molecule has 0 N–H and O–H groups in total. The average Bonchev–Trinajstić information content (AvgIpc) is 1.82. The predicted molar refractivity (Wildman–Crippen MR) is 49.9 cm³/mol. The second-order valence-corrected chi connectivity index (χ2v) is 8.79. The molecule has 0 aromatic carbocycles. The Morgan fingerprint density at radius 2 is 1.92 bits per heavy atom. The minimum absolute atomic E-state index is 1.46. The second-order valence-electron chi connectivity index (χ2n) is 3.43. The highest BCUT2D eigenvalue weighted by atomic mass is 35.5. The number of halogens is 4. The van der Waals surface area contributed by atoms with Gasteiger partial charge in [-0.05, 0) is 19.6 Å². The van der Waals surface area contributed by atoms with Gasteiger partial charge in [0.25, 0.3) is 0 Å². The van der Waals surface area contributed by atoms with E-state index in [0.717, 1.165) is 0 Å². The summed E-state index contributed by atoms with van der Waals surface area (Å²) in [4.78, 5) is 10.9. The maximum atomic E-state index is 12.9. The van der Waals surface area contributed by atoms with Crippen molar-refractivity contribution in [3.05, 3.63) is 0 Å². The first-order valence-corrected chi connectivity index (χ1v) is 7.69. The lowest BCUT2D eigenvalue weighted by Crippen LogP contribution is -2.42. The van der Waals surface area contributed by atoms with Crippen molar-refractivity contribution in [3.63, 3.8) is 0 Å². The molecular formula is C6H10Cl2F2O2Si. The largest absolute Gasteiger partial charge is 0.517 e. The van der Waals surface area contributed by atoms with Gasteiger partial charge in [-0.15, -0.1) is 0 Å². The Hall–Kier alpha value is 0.127. The molecule has 0 rings (SSSR count). The number of carbonyl (C=O) groups is 1. The number of alkyl halides is 4. The number of hydrogen-bond acceptors (Lipinski definition) is 2. The van der Waals surface area contributed by atoms with Crippen molar-refractivity contribution in [3.8, 4) is 0 Å². The van der Waals surface area contributed by atoms with E-state index in [4.69, 9.17) is 23.2 Å². The zero-order chi connectivity index (χ0) is 10.9. The van der Waals surface area contributed by atoms with Gasteiger partial charge in [0, 0.05) is 0 Å². The number of carbonyl (C=O) groups excluding carboxylic acids is 1. The third kappa shape index (κ3) is 4.24. The molecule has 13 heavy (non-hydrogen) atoms. The normalized spacial score (nSPS) is 19.0. The summed E-state index contributed by atoms with van der Waals surface area (Å²) in [6, 6.07) is 0. The highest BCUT2D eigenvalue weighted by molar-refractivity contribution is 6.71. The maximum absolute atomic E-state index is 12.9. The minimum Gasteiger partial charge on any atom is -0.517 e. The molecule has 0 saturated heterocycles. The van der Waals surface area contributed by atoms with E-state index in [0.29, 0.717) is 0 Å². The lowest BCUT2D eigenvalue weighted by Gasteiger charge is -2.23. The summed E-state index contributed by atoms with van der Waals surface area (Å²) in [7, 11) is -2.28. The maximum Gasteiger partial charge on any atom is 0.351 e. The van der Waals surface area contributed by atoms with Crippen LogP contribution in [-0.2, 0) is 9.22 Å². The molecule has 0 amide bonds. The van der Waals surface area contributed by atoms with Crippen LogP contribution in [0.15, 0.2) is 0 Å². The molecule has 0 aliphatic rings. The van der Waals surface area contributed by atoms with Gasteiger partial charge in [0.05, 0.1) is 0 Å². The molecule has 0 aromatic heterocycles. The molecule has 0 aliphatic heterocycles. The van der Waals surface area contributed by atoms with E-state index in [1.807, 2.05) is 0 Å². The predicted octanol–water partition coefficient (Wildman–Crippen LogP) is 2.80. The lowest BCUT2D eigenvalue weighted by atomic mass is 10.4. The highest BCUT2D eigenvalue weighted by Crippen LogP contribution is 2.30. The summed E-state index contributed by atoms with van der Waals surface area (Å²) in [5.74, 6) is -1.46. The van der Waals surface area contributed by atoms with Crippen LogP contribution in [0.25, 0.3) is 0 Å². The topological polar surface area (TPSA) is 26.3 Å². The van der Waals surface area contributed by atoms with Gasteiger partial charge in [-0.25, -0.2) is 13.6 Å². The van der Waals surface area contributed by atoms with Gasteiger partial charge < -0.3 is 4.43 Å². The third-order valence-corrected chi connectivity index (χ3v) is 2.50. The molecule has 2 nitrogen and oxygen atoms in total. The van der Waals surface area contributed by atoms with Gasteiger partial charge in [0.2, 0.25) is 13.9 Å². The van der Waals surface area contributed by atoms with Crippen molar-refractivity contribution in [2.24, 2.45) is 0 Å². The molecule has 0 aromatic rings. The summed E-state index contributed by atoms with van der Waals surface area (Å²) in [5.41, 5.74) is -2.61. The van der Waals surface area contributed by atoms with Crippen LogP contribution in [0.2, 0.25) is 19.6 Å². The quantitative estimate of drug-likeness (QED) is 0.569. The fraction of sp³-hybridized carbons (Fsp3) is 0.833. The molecule has 2 atom stereocenters. The van der Waals surface area contributed by atoms with E-state index in [1.165, 1.54) is 0 Å². The molecule has 0 fully saturated rings. The van der Waals surface area contributed by atoms with Gasteiger partial charge in [0.15, 0.2) is 0 Å². The van der Waals surface area contributed by atoms with E-state index in [9.17, 15) is 13.6 Å². The van der Waals surface area contributed by atoms with Crippen LogP contribution in [0.4, 0.5) is 8.78 Å².